The molecule has 1 aliphatic carbocycles. The molecule has 0 saturated heterocycles. The Bertz CT molecular complexity index is 434. The zero-order chi connectivity index (χ0) is 14.0. The van der Waals surface area contributed by atoms with Crippen molar-refractivity contribution in [1.29, 1.82) is 0 Å². The van der Waals surface area contributed by atoms with Crippen molar-refractivity contribution in [2.24, 2.45) is 5.92 Å². The van der Waals surface area contributed by atoms with E-state index in [0.717, 1.165) is 25.0 Å². The molecule has 1 atom stereocenters. The van der Waals surface area contributed by atoms with Crippen molar-refractivity contribution >= 4 is 0 Å². The molecule has 0 amide bonds. The second-order valence-electron chi connectivity index (χ2n) is 5.47. The molecular formula is C15H19F3O. The standard InChI is InChI=1S/C15H19F3O/c1-10-8-12(15(16,17)18)6-7-13(10)14(19)9-11-4-2-3-5-11/h6-8,11,14,19H,2-5,9H2,1H3. The summed E-state index contributed by atoms with van der Waals surface area (Å²) in [6.45, 7) is 1.63. The van der Waals surface area contributed by atoms with Gasteiger partial charge in [-0.05, 0) is 42.5 Å². The lowest BCUT2D eigenvalue weighted by Gasteiger charge is -2.18. The number of rotatable bonds is 3. The lowest BCUT2D eigenvalue weighted by Crippen LogP contribution is -2.09. The van der Waals surface area contributed by atoms with Crippen LogP contribution in [0.3, 0.4) is 0 Å². The molecule has 4 heteroatoms. The zero-order valence-corrected chi connectivity index (χ0v) is 11.0. The van der Waals surface area contributed by atoms with Crippen molar-refractivity contribution in [2.45, 2.75) is 51.3 Å². The van der Waals surface area contributed by atoms with Crippen molar-refractivity contribution < 1.29 is 18.3 Å². The monoisotopic (exact) mass is 272 g/mol. The van der Waals surface area contributed by atoms with E-state index in [1.807, 2.05) is 0 Å². The summed E-state index contributed by atoms with van der Waals surface area (Å²) in [7, 11) is 0. The van der Waals surface area contributed by atoms with Crippen molar-refractivity contribution in [3.05, 3.63) is 34.9 Å². The zero-order valence-electron chi connectivity index (χ0n) is 11.0. The summed E-state index contributed by atoms with van der Waals surface area (Å²) >= 11 is 0. The predicted octanol–water partition coefficient (Wildman–Crippen LogP) is 4.63. The maximum Gasteiger partial charge on any atom is 0.416 e. The van der Waals surface area contributed by atoms with Gasteiger partial charge in [0.2, 0.25) is 0 Å². The van der Waals surface area contributed by atoms with Gasteiger partial charge < -0.3 is 5.11 Å². The Kier molecular flexibility index (Phi) is 4.19. The highest BCUT2D eigenvalue weighted by Gasteiger charge is 2.31. The fraction of sp³-hybridized carbons (Fsp3) is 0.600. The minimum absolute atomic E-state index is 0.511. The number of aliphatic hydroxyl groups excluding tert-OH is 1. The fourth-order valence-electron chi connectivity index (χ4n) is 2.91. The maximum absolute atomic E-state index is 12.6. The Balaban J connectivity index is 2.11. The first-order valence-corrected chi connectivity index (χ1v) is 6.73. The van der Waals surface area contributed by atoms with Crippen LogP contribution in [0, 0.1) is 12.8 Å². The van der Waals surface area contributed by atoms with E-state index in [0.29, 0.717) is 23.5 Å². The average Bonchev–Trinajstić information content (AvgIpc) is 2.80. The van der Waals surface area contributed by atoms with E-state index in [-0.39, 0.29) is 0 Å². The summed E-state index contributed by atoms with van der Waals surface area (Å²) in [6.07, 6.45) is 0.331. The van der Waals surface area contributed by atoms with E-state index in [1.165, 1.54) is 18.9 Å². The first kappa shape index (κ1) is 14.4. The van der Waals surface area contributed by atoms with Crippen LogP contribution in [0.1, 0.15) is 54.9 Å². The van der Waals surface area contributed by atoms with Crippen LogP contribution >= 0.6 is 0 Å². The lowest BCUT2D eigenvalue weighted by molar-refractivity contribution is -0.137. The number of aliphatic hydroxyl groups is 1. The molecule has 2 rings (SSSR count). The number of hydrogen-bond donors (Lipinski definition) is 1. The molecule has 1 aromatic rings. The van der Waals surface area contributed by atoms with Gasteiger partial charge in [0.15, 0.2) is 0 Å². The summed E-state index contributed by atoms with van der Waals surface area (Å²) in [5.74, 6) is 0.511. The third-order valence-electron chi connectivity index (χ3n) is 3.99. The molecule has 1 unspecified atom stereocenters. The Morgan fingerprint density at radius 1 is 1.26 bits per heavy atom. The van der Waals surface area contributed by atoms with Gasteiger partial charge in [0.25, 0.3) is 0 Å². The minimum atomic E-state index is -4.32. The molecule has 0 bridgehead atoms. The Labute approximate surface area is 111 Å². The third kappa shape index (κ3) is 3.50. The van der Waals surface area contributed by atoms with Crippen molar-refractivity contribution in [3.63, 3.8) is 0 Å². The van der Waals surface area contributed by atoms with E-state index in [4.69, 9.17) is 0 Å². The van der Waals surface area contributed by atoms with Gasteiger partial charge in [-0.1, -0.05) is 31.7 Å². The Morgan fingerprint density at radius 2 is 1.89 bits per heavy atom. The second kappa shape index (κ2) is 5.53. The summed E-state index contributed by atoms with van der Waals surface area (Å²) < 4.78 is 37.7. The molecule has 0 spiro atoms. The topological polar surface area (TPSA) is 20.2 Å². The third-order valence-corrected chi connectivity index (χ3v) is 3.99. The molecule has 1 fully saturated rings. The van der Waals surface area contributed by atoms with Gasteiger partial charge in [-0.25, -0.2) is 0 Å². The Hall–Kier alpha value is -1.03. The van der Waals surface area contributed by atoms with Gasteiger partial charge in [-0.3, -0.25) is 0 Å². The Morgan fingerprint density at radius 3 is 2.42 bits per heavy atom. The molecule has 1 saturated carbocycles. The molecule has 1 aromatic carbocycles. The van der Waals surface area contributed by atoms with Crippen LogP contribution in [0.5, 0.6) is 0 Å². The van der Waals surface area contributed by atoms with Crippen LogP contribution in [0.15, 0.2) is 18.2 Å². The van der Waals surface area contributed by atoms with Gasteiger partial charge in [0.05, 0.1) is 11.7 Å². The molecule has 1 aliphatic rings. The smallest absolute Gasteiger partial charge is 0.388 e. The van der Waals surface area contributed by atoms with Crippen LogP contribution < -0.4 is 0 Å². The van der Waals surface area contributed by atoms with Crippen LogP contribution in [0.25, 0.3) is 0 Å². The quantitative estimate of drug-likeness (QED) is 0.850. The van der Waals surface area contributed by atoms with E-state index in [9.17, 15) is 18.3 Å². The molecule has 0 radical (unpaired) electrons. The van der Waals surface area contributed by atoms with E-state index >= 15 is 0 Å². The molecular weight excluding hydrogens is 253 g/mol. The van der Waals surface area contributed by atoms with Crippen molar-refractivity contribution in [3.8, 4) is 0 Å². The second-order valence-corrected chi connectivity index (χ2v) is 5.47. The van der Waals surface area contributed by atoms with E-state index in [1.54, 1.807) is 6.92 Å². The van der Waals surface area contributed by atoms with E-state index < -0.39 is 17.8 Å². The number of alkyl halides is 3. The molecule has 19 heavy (non-hydrogen) atoms. The molecule has 0 heterocycles. The SMILES string of the molecule is Cc1cc(C(F)(F)F)ccc1C(O)CC1CCCC1. The highest BCUT2D eigenvalue weighted by Crippen LogP contribution is 2.36. The molecule has 1 nitrogen and oxygen atoms in total. The van der Waals surface area contributed by atoms with Gasteiger partial charge in [-0.15, -0.1) is 0 Å². The number of benzene rings is 1. The minimum Gasteiger partial charge on any atom is -0.388 e. The van der Waals surface area contributed by atoms with Crippen molar-refractivity contribution in [2.75, 3.05) is 0 Å². The van der Waals surface area contributed by atoms with Gasteiger partial charge in [0, 0.05) is 0 Å². The summed E-state index contributed by atoms with van der Waals surface area (Å²) in [4.78, 5) is 0. The molecule has 1 N–H and O–H groups in total. The van der Waals surface area contributed by atoms with E-state index in [2.05, 4.69) is 0 Å². The van der Waals surface area contributed by atoms with Crippen LogP contribution in [0.4, 0.5) is 13.2 Å². The molecule has 0 aliphatic heterocycles. The first-order valence-electron chi connectivity index (χ1n) is 6.73. The maximum atomic E-state index is 12.6. The normalized spacial score (nSPS) is 18.8. The van der Waals surface area contributed by atoms with Crippen LogP contribution in [-0.2, 0) is 6.18 Å². The van der Waals surface area contributed by atoms with Gasteiger partial charge in [-0.2, -0.15) is 13.2 Å². The van der Waals surface area contributed by atoms with Crippen LogP contribution in [0.2, 0.25) is 0 Å². The lowest BCUT2D eigenvalue weighted by atomic mass is 9.92. The highest BCUT2D eigenvalue weighted by molar-refractivity contribution is 5.34. The summed E-state index contributed by atoms with van der Waals surface area (Å²) in [5, 5.41) is 10.2. The van der Waals surface area contributed by atoms with Gasteiger partial charge >= 0.3 is 6.18 Å². The average molecular weight is 272 g/mol. The van der Waals surface area contributed by atoms with Crippen LogP contribution in [-0.4, -0.2) is 5.11 Å². The van der Waals surface area contributed by atoms with Gasteiger partial charge in [0.1, 0.15) is 0 Å². The number of halogens is 3. The molecule has 0 aromatic heterocycles. The highest BCUT2D eigenvalue weighted by atomic mass is 19.4. The summed E-state index contributed by atoms with van der Waals surface area (Å²) in [6, 6.07) is 3.59. The number of aryl methyl sites for hydroxylation is 1. The summed E-state index contributed by atoms with van der Waals surface area (Å²) in [5.41, 5.74) is 0.488. The predicted molar refractivity (Wildman–Crippen MR) is 67.7 cm³/mol. The number of hydrogen-bond acceptors (Lipinski definition) is 1. The first-order chi connectivity index (χ1) is 8.88. The van der Waals surface area contributed by atoms with Crippen molar-refractivity contribution in [1.82, 2.24) is 0 Å². The molecule has 106 valence electrons. The fourth-order valence-corrected chi connectivity index (χ4v) is 2.91. The largest absolute Gasteiger partial charge is 0.416 e.